The Balaban J connectivity index is 2.32. The minimum absolute atomic E-state index is 0.0382. The Bertz CT molecular complexity index is 395. The van der Waals surface area contributed by atoms with Crippen molar-refractivity contribution in [3.63, 3.8) is 0 Å². The minimum atomic E-state index is 0.0382. The van der Waals surface area contributed by atoms with Crippen LogP contribution < -0.4 is 10.6 Å². The summed E-state index contributed by atoms with van der Waals surface area (Å²) >= 11 is 1.55. The van der Waals surface area contributed by atoms with Gasteiger partial charge >= 0.3 is 0 Å². The zero-order valence-corrected chi connectivity index (χ0v) is 13.3. The highest BCUT2D eigenvalue weighted by molar-refractivity contribution is 8.00. The van der Waals surface area contributed by atoms with Crippen LogP contribution in [-0.2, 0) is 16.1 Å². The smallest absolute Gasteiger partial charge is 0.230 e. The van der Waals surface area contributed by atoms with Gasteiger partial charge in [0, 0.05) is 24.6 Å². The Kier molecular flexibility index (Phi) is 8.34. The lowest BCUT2D eigenvalue weighted by atomic mass is 10.2. The zero-order valence-electron chi connectivity index (χ0n) is 12.4. The third-order valence-electron chi connectivity index (χ3n) is 2.70. The molecule has 112 valence electrons. The lowest BCUT2D eigenvalue weighted by Crippen LogP contribution is -2.36. The topological polar surface area (TPSA) is 50.4 Å². The molecule has 1 amide bonds. The maximum atomic E-state index is 11.7. The molecule has 1 rings (SSSR count). The van der Waals surface area contributed by atoms with E-state index in [-0.39, 0.29) is 11.9 Å². The first kappa shape index (κ1) is 17.0. The van der Waals surface area contributed by atoms with E-state index in [0.717, 1.165) is 18.0 Å². The molecule has 1 atom stereocenters. The SMILES string of the molecule is CCNCc1ccc(SCC(=O)NC(C)COC)cc1. The summed E-state index contributed by atoms with van der Waals surface area (Å²) in [6, 6.07) is 8.36. The molecule has 0 spiro atoms. The third kappa shape index (κ3) is 6.93. The number of ether oxygens (including phenoxy) is 1. The number of methoxy groups -OCH3 is 1. The molecule has 0 heterocycles. The van der Waals surface area contributed by atoms with Crippen molar-refractivity contribution < 1.29 is 9.53 Å². The number of rotatable bonds is 9. The lowest BCUT2D eigenvalue weighted by Gasteiger charge is -2.12. The van der Waals surface area contributed by atoms with E-state index in [9.17, 15) is 4.79 Å². The number of hydrogen-bond donors (Lipinski definition) is 2. The monoisotopic (exact) mass is 296 g/mol. The number of benzene rings is 1. The Hall–Kier alpha value is -1.04. The normalized spacial score (nSPS) is 12.2. The number of hydrogen-bond acceptors (Lipinski definition) is 4. The van der Waals surface area contributed by atoms with Gasteiger partial charge in [-0.2, -0.15) is 0 Å². The van der Waals surface area contributed by atoms with Gasteiger partial charge in [-0.15, -0.1) is 11.8 Å². The molecule has 1 unspecified atom stereocenters. The molecule has 4 nitrogen and oxygen atoms in total. The van der Waals surface area contributed by atoms with Crippen LogP contribution in [0.15, 0.2) is 29.2 Å². The first-order chi connectivity index (χ1) is 9.65. The molecule has 0 bridgehead atoms. The van der Waals surface area contributed by atoms with Crippen molar-refractivity contribution in [3.05, 3.63) is 29.8 Å². The second-order valence-electron chi connectivity index (χ2n) is 4.64. The summed E-state index contributed by atoms with van der Waals surface area (Å²) in [7, 11) is 1.63. The van der Waals surface area contributed by atoms with Gasteiger partial charge in [0.1, 0.15) is 0 Å². The van der Waals surface area contributed by atoms with E-state index in [2.05, 4.69) is 41.8 Å². The summed E-state index contributed by atoms with van der Waals surface area (Å²) < 4.78 is 4.99. The summed E-state index contributed by atoms with van der Waals surface area (Å²) in [6.45, 7) is 6.41. The Labute approximate surface area is 125 Å². The number of amides is 1. The Morgan fingerprint density at radius 3 is 2.65 bits per heavy atom. The second-order valence-corrected chi connectivity index (χ2v) is 5.69. The van der Waals surface area contributed by atoms with E-state index < -0.39 is 0 Å². The first-order valence-corrected chi connectivity index (χ1v) is 7.85. The van der Waals surface area contributed by atoms with E-state index in [1.807, 2.05) is 6.92 Å². The quantitative estimate of drug-likeness (QED) is 0.685. The number of carbonyl (C=O) groups excluding carboxylic acids is 1. The molecule has 0 fully saturated rings. The van der Waals surface area contributed by atoms with Crippen molar-refractivity contribution in [2.75, 3.05) is 26.0 Å². The van der Waals surface area contributed by atoms with Crippen LogP contribution in [0.3, 0.4) is 0 Å². The summed E-state index contributed by atoms with van der Waals surface area (Å²) in [6.07, 6.45) is 0. The van der Waals surface area contributed by atoms with Gasteiger partial charge in [0.25, 0.3) is 0 Å². The molecular formula is C15H24N2O2S. The maximum absolute atomic E-state index is 11.7. The molecule has 0 saturated heterocycles. The van der Waals surface area contributed by atoms with E-state index in [1.165, 1.54) is 5.56 Å². The van der Waals surface area contributed by atoms with Crippen molar-refractivity contribution >= 4 is 17.7 Å². The summed E-state index contributed by atoms with van der Waals surface area (Å²) in [4.78, 5) is 12.8. The van der Waals surface area contributed by atoms with Gasteiger partial charge in [0.15, 0.2) is 0 Å². The van der Waals surface area contributed by atoms with Crippen molar-refractivity contribution in [1.29, 1.82) is 0 Å². The molecule has 0 radical (unpaired) electrons. The largest absolute Gasteiger partial charge is 0.383 e. The maximum Gasteiger partial charge on any atom is 0.230 e. The van der Waals surface area contributed by atoms with E-state index in [1.54, 1.807) is 18.9 Å². The first-order valence-electron chi connectivity index (χ1n) is 6.86. The highest BCUT2D eigenvalue weighted by Crippen LogP contribution is 2.18. The molecule has 0 aliphatic rings. The predicted molar refractivity (Wildman–Crippen MR) is 84.0 cm³/mol. The van der Waals surface area contributed by atoms with Gasteiger partial charge in [-0.1, -0.05) is 19.1 Å². The molecule has 20 heavy (non-hydrogen) atoms. The van der Waals surface area contributed by atoms with E-state index in [4.69, 9.17) is 4.74 Å². The van der Waals surface area contributed by atoms with Crippen molar-refractivity contribution in [3.8, 4) is 0 Å². The fourth-order valence-electron chi connectivity index (χ4n) is 1.73. The van der Waals surface area contributed by atoms with Crippen LogP contribution in [0.2, 0.25) is 0 Å². The van der Waals surface area contributed by atoms with Crippen LogP contribution in [-0.4, -0.2) is 38.0 Å². The Morgan fingerprint density at radius 2 is 2.05 bits per heavy atom. The zero-order chi connectivity index (χ0) is 14.8. The van der Waals surface area contributed by atoms with Crippen LogP contribution >= 0.6 is 11.8 Å². The molecule has 0 aliphatic carbocycles. The summed E-state index contributed by atoms with van der Waals surface area (Å²) in [5.74, 6) is 0.469. The van der Waals surface area contributed by atoms with Crippen molar-refractivity contribution in [2.24, 2.45) is 0 Å². The van der Waals surface area contributed by atoms with Crippen LogP contribution in [0.5, 0.6) is 0 Å². The molecule has 0 saturated carbocycles. The standard InChI is InChI=1S/C15H24N2O2S/c1-4-16-9-13-5-7-14(8-6-13)20-11-15(18)17-12(2)10-19-3/h5-8,12,16H,4,9-11H2,1-3H3,(H,17,18). The number of thioether (sulfide) groups is 1. The van der Waals surface area contributed by atoms with Crippen LogP contribution in [0, 0.1) is 0 Å². The number of nitrogens with one attached hydrogen (secondary N) is 2. The highest BCUT2D eigenvalue weighted by Gasteiger charge is 2.07. The van der Waals surface area contributed by atoms with E-state index in [0.29, 0.717) is 12.4 Å². The van der Waals surface area contributed by atoms with Gasteiger partial charge in [0.2, 0.25) is 5.91 Å². The predicted octanol–water partition coefficient (Wildman–Crippen LogP) is 2.04. The van der Waals surface area contributed by atoms with Gasteiger partial charge in [-0.3, -0.25) is 4.79 Å². The van der Waals surface area contributed by atoms with Crippen LogP contribution in [0.4, 0.5) is 0 Å². The Morgan fingerprint density at radius 1 is 1.35 bits per heavy atom. The fraction of sp³-hybridized carbons (Fsp3) is 0.533. The van der Waals surface area contributed by atoms with Gasteiger partial charge in [-0.25, -0.2) is 0 Å². The lowest BCUT2D eigenvalue weighted by molar-refractivity contribution is -0.119. The second kappa shape index (κ2) is 9.80. The summed E-state index contributed by atoms with van der Waals surface area (Å²) in [5.41, 5.74) is 1.26. The molecule has 0 aliphatic heterocycles. The minimum Gasteiger partial charge on any atom is -0.383 e. The summed E-state index contributed by atoms with van der Waals surface area (Å²) in [5, 5.41) is 6.18. The molecule has 5 heteroatoms. The molecule has 1 aromatic carbocycles. The highest BCUT2D eigenvalue weighted by atomic mass is 32.2. The average molecular weight is 296 g/mol. The van der Waals surface area contributed by atoms with E-state index >= 15 is 0 Å². The molecule has 2 N–H and O–H groups in total. The molecule has 1 aromatic rings. The average Bonchev–Trinajstić information content (AvgIpc) is 2.44. The van der Waals surface area contributed by atoms with Gasteiger partial charge < -0.3 is 15.4 Å². The fourth-order valence-corrected chi connectivity index (χ4v) is 2.44. The van der Waals surface area contributed by atoms with Crippen LogP contribution in [0.25, 0.3) is 0 Å². The molecule has 0 aromatic heterocycles. The van der Waals surface area contributed by atoms with Gasteiger partial charge in [0.05, 0.1) is 12.4 Å². The number of carbonyl (C=O) groups is 1. The van der Waals surface area contributed by atoms with Gasteiger partial charge in [-0.05, 0) is 31.2 Å². The van der Waals surface area contributed by atoms with Crippen LogP contribution in [0.1, 0.15) is 19.4 Å². The van der Waals surface area contributed by atoms with Crippen molar-refractivity contribution in [2.45, 2.75) is 31.3 Å². The van der Waals surface area contributed by atoms with Crippen molar-refractivity contribution in [1.82, 2.24) is 10.6 Å². The third-order valence-corrected chi connectivity index (χ3v) is 3.71. The molecular weight excluding hydrogens is 272 g/mol.